The predicted molar refractivity (Wildman–Crippen MR) is 86.6 cm³/mol. The summed E-state index contributed by atoms with van der Waals surface area (Å²) >= 11 is 0. The van der Waals surface area contributed by atoms with Crippen molar-refractivity contribution in [1.29, 1.82) is 0 Å². The highest BCUT2D eigenvalue weighted by atomic mass is 16.5. The van der Waals surface area contributed by atoms with E-state index < -0.39 is 0 Å². The summed E-state index contributed by atoms with van der Waals surface area (Å²) in [6.07, 6.45) is 7.24. The topological polar surface area (TPSA) is 48.3 Å². The third-order valence-electron chi connectivity index (χ3n) is 4.23. The van der Waals surface area contributed by atoms with Gasteiger partial charge in [0.1, 0.15) is 11.5 Å². The fraction of sp³-hybridized carbons (Fsp3) is 0.471. The van der Waals surface area contributed by atoms with Gasteiger partial charge in [0.05, 0.1) is 38.2 Å². The average Bonchev–Trinajstić information content (AvgIpc) is 3.23. The Kier molecular flexibility index (Phi) is 4.51. The summed E-state index contributed by atoms with van der Waals surface area (Å²) in [5.41, 5.74) is 1.99. The van der Waals surface area contributed by atoms with Crippen molar-refractivity contribution < 1.29 is 9.47 Å². The molecule has 1 aromatic carbocycles. The third-order valence-corrected chi connectivity index (χ3v) is 4.23. The summed E-state index contributed by atoms with van der Waals surface area (Å²) in [6.45, 7) is 0.683. The van der Waals surface area contributed by atoms with Gasteiger partial charge in [-0.25, -0.2) is 0 Å². The first-order chi connectivity index (χ1) is 10.8. The van der Waals surface area contributed by atoms with E-state index in [4.69, 9.17) is 9.47 Å². The van der Waals surface area contributed by atoms with Crippen molar-refractivity contribution >= 4 is 5.69 Å². The van der Waals surface area contributed by atoms with Crippen LogP contribution in [0.1, 0.15) is 37.4 Å². The van der Waals surface area contributed by atoms with E-state index in [0.29, 0.717) is 12.6 Å². The summed E-state index contributed by atoms with van der Waals surface area (Å²) in [7, 11) is 3.31. The van der Waals surface area contributed by atoms with Gasteiger partial charge in [0.15, 0.2) is 0 Å². The number of rotatable bonds is 6. The Balaban J connectivity index is 1.65. The maximum atomic E-state index is 5.39. The quantitative estimate of drug-likeness (QED) is 0.885. The molecule has 0 atom stereocenters. The first-order valence-corrected chi connectivity index (χ1v) is 7.80. The molecule has 0 bridgehead atoms. The highest BCUT2D eigenvalue weighted by Gasteiger charge is 2.17. The van der Waals surface area contributed by atoms with Gasteiger partial charge in [-0.05, 0) is 31.0 Å². The van der Waals surface area contributed by atoms with Crippen molar-refractivity contribution in [3.63, 3.8) is 0 Å². The fourth-order valence-electron chi connectivity index (χ4n) is 2.97. The lowest BCUT2D eigenvalue weighted by molar-refractivity contribution is 0.395. The molecular weight excluding hydrogens is 278 g/mol. The standard InChI is InChI=1S/C17H23N3O2/c1-21-15-7-8-16(17(11-15)22-2)18-12-13-9-10-20(19-13)14-5-3-4-6-14/h7-11,14,18H,3-6,12H2,1-2H3. The van der Waals surface area contributed by atoms with Crippen molar-refractivity contribution in [1.82, 2.24) is 9.78 Å². The first kappa shape index (κ1) is 14.8. The van der Waals surface area contributed by atoms with Crippen LogP contribution in [0.15, 0.2) is 30.5 Å². The van der Waals surface area contributed by atoms with E-state index in [9.17, 15) is 0 Å². The van der Waals surface area contributed by atoms with Gasteiger partial charge < -0.3 is 14.8 Å². The van der Waals surface area contributed by atoms with E-state index in [1.54, 1.807) is 14.2 Å². The average molecular weight is 301 g/mol. The van der Waals surface area contributed by atoms with Crippen LogP contribution in [0.3, 0.4) is 0 Å². The maximum Gasteiger partial charge on any atom is 0.145 e. The van der Waals surface area contributed by atoms with E-state index in [2.05, 4.69) is 27.4 Å². The number of hydrogen-bond acceptors (Lipinski definition) is 4. The second kappa shape index (κ2) is 6.73. The van der Waals surface area contributed by atoms with Gasteiger partial charge in [0.2, 0.25) is 0 Å². The molecule has 1 heterocycles. The molecule has 0 aliphatic heterocycles. The Morgan fingerprint density at radius 2 is 2.00 bits per heavy atom. The second-order valence-electron chi connectivity index (χ2n) is 5.65. The number of aromatic nitrogens is 2. The third kappa shape index (κ3) is 3.18. The zero-order valence-corrected chi connectivity index (χ0v) is 13.2. The summed E-state index contributed by atoms with van der Waals surface area (Å²) in [5, 5.41) is 8.06. The molecule has 22 heavy (non-hydrogen) atoms. The molecule has 5 nitrogen and oxygen atoms in total. The number of nitrogens with zero attached hydrogens (tertiary/aromatic N) is 2. The lowest BCUT2D eigenvalue weighted by atomic mass is 10.2. The molecule has 0 amide bonds. The maximum absolute atomic E-state index is 5.39. The predicted octanol–water partition coefficient (Wildman–Crippen LogP) is 3.63. The Morgan fingerprint density at radius 1 is 1.18 bits per heavy atom. The zero-order valence-electron chi connectivity index (χ0n) is 13.2. The van der Waals surface area contributed by atoms with Crippen LogP contribution in [0.5, 0.6) is 11.5 Å². The monoisotopic (exact) mass is 301 g/mol. The van der Waals surface area contributed by atoms with Crippen LogP contribution in [-0.4, -0.2) is 24.0 Å². The molecule has 0 saturated heterocycles. The van der Waals surface area contributed by atoms with E-state index in [1.807, 2.05) is 18.2 Å². The molecule has 0 spiro atoms. The minimum atomic E-state index is 0.587. The Morgan fingerprint density at radius 3 is 2.73 bits per heavy atom. The molecule has 3 rings (SSSR count). The molecule has 2 aromatic rings. The molecule has 0 radical (unpaired) electrons. The number of methoxy groups -OCH3 is 2. The smallest absolute Gasteiger partial charge is 0.145 e. The van der Waals surface area contributed by atoms with Gasteiger partial charge in [-0.1, -0.05) is 12.8 Å². The fourth-order valence-corrected chi connectivity index (χ4v) is 2.97. The minimum absolute atomic E-state index is 0.587. The molecule has 1 aliphatic rings. The van der Waals surface area contributed by atoms with Gasteiger partial charge in [-0.15, -0.1) is 0 Å². The lowest BCUT2D eigenvalue weighted by Gasteiger charge is -2.12. The van der Waals surface area contributed by atoms with E-state index >= 15 is 0 Å². The molecule has 1 N–H and O–H groups in total. The Labute approximate surface area is 131 Å². The molecule has 0 unspecified atom stereocenters. The molecule has 1 aromatic heterocycles. The van der Waals surface area contributed by atoms with Crippen LogP contribution in [0.4, 0.5) is 5.69 Å². The van der Waals surface area contributed by atoms with Crippen LogP contribution in [0.2, 0.25) is 0 Å². The molecule has 118 valence electrons. The number of ether oxygens (including phenoxy) is 2. The summed E-state index contributed by atoms with van der Waals surface area (Å²) < 4.78 is 12.7. The first-order valence-electron chi connectivity index (χ1n) is 7.80. The van der Waals surface area contributed by atoms with E-state index in [0.717, 1.165) is 22.9 Å². The number of benzene rings is 1. The normalized spacial score (nSPS) is 15.0. The number of anilines is 1. The van der Waals surface area contributed by atoms with Crippen molar-refractivity contribution in [2.24, 2.45) is 0 Å². The lowest BCUT2D eigenvalue weighted by Crippen LogP contribution is -2.07. The molecule has 1 saturated carbocycles. The number of nitrogens with one attached hydrogen (secondary N) is 1. The van der Waals surface area contributed by atoms with Gasteiger partial charge >= 0.3 is 0 Å². The molecule has 1 aliphatic carbocycles. The molecule has 5 heteroatoms. The van der Waals surface area contributed by atoms with E-state index in [1.165, 1.54) is 25.7 Å². The largest absolute Gasteiger partial charge is 0.497 e. The van der Waals surface area contributed by atoms with Crippen LogP contribution >= 0.6 is 0 Å². The van der Waals surface area contributed by atoms with Gasteiger partial charge in [0.25, 0.3) is 0 Å². The van der Waals surface area contributed by atoms with Crippen LogP contribution in [0.25, 0.3) is 0 Å². The summed E-state index contributed by atoms with van der Waals surface area (Å²) in [6, 6.07) is 8.43. The second-order valence-corrected chi connectivity index (χ2v) is 5.65. The van der Waals surface area contributed by atoms with Crippen LogP contribution < -0.4 is 14.8 Å². The Hall–Kier alpha value is -2.17. The van der Waals surface area contributed by atoms with Crippen molar-refractivity contribution in [2.45, 2.75) is 38.3 Å². The number of hydrogen-bond donors (Lipinski definition) is 1. The van der Waals surface area contributed by atoms with Crippen LogP contribution in [0, 0.1) is 0 Å². The van der Waals surface area contributed by atoms with Gasteiger partial charge in [-0.2, -0.15) is 5.10 Å². The highest BCUT2D eigenvalue weighted by Crippen LogP contribution is 2.30. The molecule has 1 fully saturated rings. The van der Waals surface area contributed by atoms with Crippen molar-refractivity contribution in [2.75, 3.05) is 19.5 Å². The minimum Gasteiger partial charge on any atom is -0.497 e. The van der Waals surface area contributed by atoms with Gasteiger partial charge in [0, 0.05) is 12.3 Å². The summed E-state index contributed by atoms with van der Waals surface area (Å²) in [5.74, 6) is 1.56. The Bertz CT molecular complexity index is 618. The highest BCUT2D eigenvalue weighted by molar-refractivity contribution is 5.59. The zero-order chi connectivity index (χ0) is 15.4. The summed E-state index contributed by atoms with van der Waals surface area (Å²) in [4.78, 5) is 0. The van der Waals surface area contributed by atoms with Gasteiger partial charge in [-0.3, -0.25) is 4.68 Å². The molecular formula is C17H23N3O2. The van der Waals surface area contributed by atoms with Crippen molar-refractivity contribution in [3.8, 4) is 11.5 Å². The SMILES string of the molecule is COc1ccc(NCc2ccn(C3CCCC3)n2)c(OC)c1. The van der Waals surface area contributed by atoms with E-state index in [-0.39, 0.29) is 0 Å². The van der Waals surface area contributed by atoms with Crippen molar-refractivity contribution in [3.05, 3.63) is 36.2 Å². The van der Waals surface area contributed by atoms with Crippen LogP contribution in [-0.2, 0) is 6.54 Å².